The number of carbonyl (C=O) groups excluding carboxylic acids is 1. The summed E-state index contributed by atoms with van der Waals surface area (Å²) in [6.07, 6.45) is -2.09. The molecule has 0 aliphatic heterocycles. The number of aliphatic hydroxyl groups is 1. The number of hydrogen-bond acceptors (Lipinski definition) is 7. The molecule has 0 saturated heterocycles. The van der Waals surface area contributed by atoms with Crippen LogP contribution in [0.2, 0.25) is 0 Å². The van der Waals surface area contributed by atoms with E-state index in [0.717, 1.165) is 5.56 Å². The first-order chi connectivity index (χ1) is 15.4. The third-order valence-electron chi connectivity index (χ3n) is 4.85. The van der Waals surface area contributed by atoms with Crippen LogP contribution in [0.25, 0.3) is 17.0 Å². The van der Waals surface area contributed by atoms with Gasteiger partial charge in [-0.25, -0.2) is 13.3 Å². The second kappa shape index (κ2) is 8.71. The highest BCUT2D eigenvalue weighted by molar-refractivity contribution is 6.09. The summed E-state index contributed by atoms with van der Waals surface area (Å²) in [7, 11) is 1.54. The minimum Gasteiger partial charge on any atom is -0.495 e. The lowest BCUT2D eigenvalue weighted by molar-refractivity contribution is -0.00495. The van der Waals surface area contributed by atoms with Gasteiger partial charge in [-0.3, -0.25) is 4.79 Å². The van der Waals surface area contributed by atoms with Gasteiger partial charge in [0.2, 0.25) is 0 Å². The number of aromatic nitrogens is 4. The minimum absolute atomic E-state index is 0.0410. The lowest BCUT2D eigenvalue weighted by Gasteiger charge is -2.09. The Kier molecular flexibility index (Phi) is 5.82. The Balaban J connectivity index is 1.56. The van der Waals surface area contributed by atoms with Gasteiger partial charge < -0.3 is 19.7 Å². The number of ether oxygens (including phenoxy) is 1. The van der Waals surface area contributed by atoms with Gasteiger partial charge >= 0.3 is 0 Å². The number of aliphatic hydroxyl groups excluding tert-OH is 1. The molecule has 0 spiro atoms. The van der Waals surface area contributed by atoms with Gasteiger partial charge in [-0.05, 0) is 36.8 Å². The van der Waals surface area contributed by atoms with Crippen LogP contribution >= 0.6 is 0 Å². The fraction of sp³-hybridized carbons (Fsp3) is 0.238. The number of nitrogens with zero attached hydrogens (tertiary/aromatic N) is 4. The highest BCUT2D eigenvalue weighted by atomic mass is 19.3. The van der Waals surface area contributed by atoms with Gasteiger partial charge in [0.15, 0.2) is 5.82 Å². The number of nitrogens with one attached hydrogen (secondary N) is 1. The fourth-order valence-electron chi connectivity index (χ4n) is 3.07. The second-order valence-electron chi connectivity index (χ2n) is 7.06. The van der Waals surface area contributed by atoms with Crippen molar-refractivity contribution in [2.45, 2.75) is 25.9 Å². The number of pyridine rings is 1. The van der Waals surface area contributed by atoms with E-state index in [1.165, 1.54) is 6.20 Å². The van der Waals surface area contributed by atoms with E-state index >= 15 is 0 Å². The number of aryl methyl sites for hydroxylation is 1. The van der Waals surface area contributed by atoms with Crippen LogP contribution in [0, 0.1) is 6.92 Å². The van der Waals surface area contributed by atoms with Crippen LogP contribution in [0.5, 0.6) is 5.75 Å². The van der Waals surface area contributed by atoms with Crippen LogP contribution in [-0.2, 0) is 6.42 Å². The zero-order valence-electron chi connectivity index (χ0n) is 17.1. The van der Waals surface area contributed by atoms with Gasteiger partial charge in [-0.15, -0.1) is 0 Å². The summed E-state index contributed by atoms with van der Waals surface area (Å²) in [5.74, 6) is 0.286. The molecule has 0 fully saturated rings. The number of halogens is 2. The van der Waals surface area contributed by atoms with Crippen LogP contribution in [0.15, 0.2) is 47.2 Å². The molecule has 3 heterocycles. The van der Waals surface area contributed by atoms with E-state index in [4.69, 9.17) is 9.26 Å². The van der Waals surface area contributed by atoms with Crippen molar-refractivity contribution in [1.82, 2.24) is 19.8 Å². The maximum absolute atomic E-state index is 12.9. The Labute approximate surface area is 180 Å². The number of hydrogen-bond donors (Lipinski definition) is 2. The lowest BCUT2D eigenvalue weighted by atomic mass is 10.1. The van der Waals surface area contributed by atoms with E-state index in [1.54, 1.807) is 48.2 Å². The van der Waals surface area contributed by atoms with E-state index in [0.29, 0.717) is 28.1 Å². The predicted molar refractivity (Wildman–Crippen MR) is 110 cm³/mol. The average molecular weight is 443 g/mol. The zero-order chi connectivity index (χ0) is 22.8. The van der Waals surface area contributed by atoms with Crippen LogP contribution < -0.4 is 10.1 Å². The molecule has 4 rings (SSSR count). The molecule has 0 aliphatic rings. The van der Waals surface area contributed by atoms with Crippen molar-refractivity contribution in [3.8, 4) is 17.2 Å². The van der Waals surface area contributed by atoms with Crippen LogP contribution in [0.1, 0.15) is 21.7 Å². The molecular formula is C21H19F2N5O4. The van der Waals surface area contributed by atoms with Crippen LogP contribution in [0.3, 0.4) is 0 Å². The highest BCUT2D eigenvalue weighted by Crippen LogP contribution is 2.26. The number of rotatable bonds is 7. The molecule has 3 aromatic heterocycles. The fourth-order valence-corrected chi connectivity index (χ4v) is 3.07. The molecule has 0 saturated carbocycles. The molecule has 0 aliphatic carbocycles. The van der Waals surface area contributed by atoms with Gasteiger partial charge in [-0.2, -0.15) is 10.1 Å². The topological polar surface area (TPSA) is 115 Å². The van der Waals surface area contributed by atoms with Crippen molar-refractivity contribution in [1.29, 1.82) is 0 Å². The number of carbonyl (C=O) groups is 1. The van der Waals surface area contributed by atoms with E-state index in [9.17, 15) is 18.7 Å². The number of methoxy groups -OCH3 is 1. The molecule has 11 heteroatoms. The molecule has 1 atom stereocenters. The van der Waals surface area contributed by atoms with Crippen molar-refractivity contribution in [3.63, 3.8) is 0 Å². The Morgan fingerprint density at radius 2 is 2.12 bits per heavy atom. The summed E-state index contributed by atoms with van der Waals surface area (Å²) < 4.78 is 36.9. The lowest BCUT2D eigenvalue weighted by Crippen LogP contribution is -2.20. The van der Waals surface area contributed by atoms with Crippen molar-refractivity contribution in [3.05, 3.63) is 59.7 Å². The number of anilines is 1. The van der Waals surface area contributed by atoms with Gasteiger partial charge in [0, 0.05) is 17.7 Å². The first-order valence-electron chi connectivity index (χ1n) is 9.58. The van der Waals surface area contributed by atoms with Crippen molar-refractivity contribution in [2.24, 2.45) is 0 Å². The molecule has 0 radical (unpaired) electrons. The molecule has 32 heavy (non-hydrogen) atoms. The van der Waals surface area contributed by atoms with E-state index in [2.05, 4.69) is 20.6 Å². The maximum atomic E-state index is 12.9. The Morgan fingerprint density at radius 1 is 1.31 bits per heavy atom. The standard InChI is InChI=1S/C21H19F2N5O4/c1-11-3-4-12(21-26-18(27-32-21)8-17(29)19(22)23)7-15(11)25-20(30)14-9-24-28-10-13(31-2)5-6-16(14)28/h3-7,9-10,17,19,29H,8H2,1-2H3,(H,25,30). The molecule has 9 nitrogen and oxygen atoms in total. The SMILES string of the molecule is COc1ccc2c(C(=O)Nc3cc(-c4nc(CC(O)C(F)F)no4)ccc3C)cnn2c1. The van der Waals surface area contributed by atoms with Crippen molar-refractivity contribution >= 4 is 17.1 Å². The van der Waals surface area contributed by atoms with Crippen molar-refractivity contribution < 1.29 is 27.9 Å². The number of alkyl halides is 2. The maximum Gasteiger partial charge on any atom is 0.264 e. The van der Waals surface area contributed by atoms with E-state index < -0.39 is 19.0 Å². The third-order valence-corrected chi connectivity index (χ3v) is 4.85. The smallest absolute Gasteiger partial charge is 0.264 e. The molecule has 2 N–H and O–H groups in total. The Bertz CT molecular complexity index is 1270. The number of amides is 1. The Hall–Kier alpha value is -3.86. The number of benzene rings is 1. The monoisotopic (exact) mass is 443 g/mol. The zero-order valence-corrected chi connectivity index (χ0v) is 17.1. The largest absolute Gasteiger partial charge is 0.495 e. The number of fused-ring (bicyclic) bond motifs is 1. The van der Waals surface area contributed by atoms with Crippen LogP contribution in [0.4, 0.5) is 14.5 Å². The molecule has 166 valence electrons. The quantitative estimate of drug-likeness (QED) is 0.451. The Morgan fingerprint density at radius 3 is 2.88 bits per heavy atom. The summed E-state index contributed by atoms with van der Waals surface area (Å²) in [5, 5.41) is 20.0. The summed E-state index contributed by atoms with van der Waals surface area (Å²) in [6.45, 7) is 1.82. The second-order valence-corrected chi connectivity index (χ2v) is 7.06. The normalized spacial score (nSPS) is 12.3. The van der Waals surface area contributed by atoms with Crippen LogP contribution in [-0.4, -0.2) is 50.4 Å². The first-order valence-corrected chi connectivity index (χ1v) is 9.58. The first kappa shape index (κ1) is 21.4. The van der Waals surface area contributed by atoms with E-state index in [-0.39, 0.29) is 17.6 Å². The molecule has 0 bridgehead atoms. The van der Waals surface area contributed by atoms with Gasteiger partial charge in [0.05, 0.1) is 30.6 Å². The van der Waals surface area contributed by atoms with E-state index in [1.807, 2.05) is 6.92 Å². The third kappa shape index (κ3) is 4.28. The molecule has 4 aromatic rings. The molecule has 1 amide bonds. The molecule has 1 unspecified atom stereocenters. The average Bonchev–Trinajstić information content (AvgIpc) is 3.41. The van der Waals surface area contributed by atoms with Gasteiger partial charge in [0.1, 0.15) is 11.9 Å². The van der Waals surface area contributed by atoms with Gasteiger partial charge in [-0.1, -0.05) is 11.2 Å². The highest BCUT2D eigenvalue weighted by Gasteiger charge is 2.21. The predicted octanol–water partition coefficient (Wildman–Crippen LogP) is 3.12. The summed E-state index contributed by atoms with van der Waals surface area (Å²) in [4.78, 5) is 16.9. The van der Waals surface area contributed by atoms with Crippen molar-refractivity contribution in [2.75, 3.05) is 12.4 Å². The minimum atomic E-state index is -2.90. The summed E-state index contributed by atoms with van der Waals surface area (Å²) in [5.41, 5.74) is 2.76. The van der Waals surface area contributed by atoms with Gasteiger partial charge in [0.25, 0.3) is 18.2 Å². The summed E-state index contributed by atoms with van der Waals surface area (Å²) >= 11 is 0. The summed E-state index contributed by atoms with van der Waals surface area (Å²) in [6, 6.07) is 8.57. The molecule has 1 aromatic carbocycles. The molecular weight excluding hydrogens is 424 g/mol.